The number of aliphatic hydroxyl groups is 1. The Morgan fingerprint density at radius 1 is 0.920 bits per heavy atom. The smallest absolute Gasteiger partial charge is 0.264 e. The second-order valence-corrected chi connectivity index (χ2v) is 5.98. The third-order valence-electron chi connectivity index (χ3n) is 4.77. The van der Waals surface area contributed by atoms with E-state index in [4.69, 9.17) is 5.11 Å². The Bertz CT molecular complexity index is 1250. The Morgan fingerprint density at radius 2 is 1.60 bits per heavy atom. The molecule has 0 atom stereocenters. The van der Waals surface area contributed by atoms with E-state index in [1.165, 1.54) is 4.40 Å². The summed E-state index contributed by atoms with van der Waals surface area (Å²) in [5, 5.41) is 11.4. The maximum absolute atomic E-state index is 12.7. The summed E-state index contributed by atoms with van der Waals surface area (Å²) in [6, 6.07) is 6.59. The summed E-state index contributed by atoms with van der Waals surface area (Å²) >= 11 is 0. The van der Waals surface area contributed by atoms with Gasteiger partial charge < -0.3 is 5.11 Å². The molecule has 25 heavy (non-hydrogen) atoms. The van der Waals surface area contributed by atoms with E-state index in [9.17, 15) is 14.4 Å². The molecule has 5 rings (SSSR count). The number of hydrogen-bond donors (Lipinski definition) is 1. The van der Waals surface area contributed by atoms with Gasteiger partial charge in [-0.3, -0.25) is 23.7 Å². The average Bonchev–Trinajstić information content (AvgIpc) is 3.11. The van der Waals surface area contributed by atoms with Crippen molar-refractivity contribution in [3.8, 4) is 0 Å². The monoisotopic (exact) mass is 333 g/mol. The predicted octanol–water partition coefficient (Wildman–Crippen LogP) is 1.03. The van der Waals surface area contributed by atoms with Gasteiger partial charge in [-0.15, -0.1) is 0 Å². The van der Waals surface area contributed by atoms with Crippen molar-refractivity contribution in [1.29, 1.82) is 0 Å². The van der Waals surface area contributed by atoms with Crippen molar-refractivity contribution < 1.29 is 14.7 Å². The first-order valence-electron chi connectivity index (χ1n) is 7.78. The van der Waals surface area contributed by atoms with Crippen molar-refractivity contribution in [3.05, 3.63) is 58.1 Å². The number of rotatable bonds is 2. The molecule has 0 fully saturated rings. The van der Waals surface area contributed by atoms with Gasteiger partial charge in [0, 0.05) is 45.1 Å². The summed E-state index contributed by atoms with van der Waals surface area (Å²) < 4.78 is 1.46. The van der Waals surface area contributed by atoms with Crippen LogP contribution in [0.5, 0.6) is 0 Å². The van der Waals surface area contributed by atoms with Crippen LogP contribution in [0, 0.1) is 0 Å². The van der Waals surface area contributed by atoms with Gasteiger partial charge in [0.1, 0.15) is 5.65 Å². The molecule has 0 unspecified atom stereocenters. The molecule has 3 heterocycles. The number of pyridine rings is 1. The van der Waals surface area contributed by atoms with Crippen LogP contribution in [-0.2, 0) is 0 Å². The van der Waals surface area contributed by atoms with Crippen LogP contribution in [0.15, 0.2) is 41.5 Å². The SMILES string of the molecule is O=C1c2ccc3c(=O)n4ccnc4c4ccc(c2c34)C(=O)N1CCO. The molecule has 1 N–H and O–H groups in total. The summed E-state index contributed by atoms with van der Waals surface area (Å²) in [5.41, 5.74) is 0.980. The fraction of sp³-hybridized carbons (Fsp3) is 0.111. The van der Waals surface area contributed by atoms with Gasteiger partial charge in [-0.1, -0.05) is 0 Å². The molecule has 1 aliphatic rings. The number of fused-ring (bicyclic) bond motifs is 2. The summed E-state index contributed by atoms with van der Waals surface area (Å²) in [6.07, 6.45) is 3.14. The van der Waals surface area contributed by atoms with Crippen LogP contribution >= 0.6 is 0 Å². The molecule has 2 aromatic heterocycles. The first-order chi connectivity index (χ1) is 12.1. The summed E-state index contributed by atoms with van der Waals surface area (Å²) in [7, 11) is 0. The second-order valence-electron chi connectivity index (χ2n) is 5.98. The zero-order valence-corrected chi connectivity index (χ0v) is 12.9. The van der Waals surface area contributed by atoms with Gasteiger partial charge in [-0.2, -0.15) is 0 Å². The van der Waals surface area contributed by atoms with E-state index in [-0.39, 0.29) is 18.7 Å². The van der Waals surface area contributed by atoms with Crippen LogP contribution in [0.1, 0.15) is 20.7 Å². The lowest BCUT2D eigenvalue weighted by Crippen LogP contribution is -2.42. The lowest BCUT2D eigenvalue weighted by Gasteiger charge is -2.27. The summed E-state index contributed by atoms with van der Waals surface area (Å²) in [4.78, 5) is 43.4. The summed E-state index contributed by atoms with van der Waals surface area (Å²) in [5.74, 6) is -0.923. The van der Waals surface area contributed by atoms with E-state index in [1.807, 2.05) is 0 Å². The Balaban J connectivity index is 2.02. The highest BCUT2D eigenvalue weighted by atomic mass is 16.3. The molecular weight excluding hydrogens is 322 g/mol. The first-order valence-corrected chi connectivity index (χ1v) is 7.78. The van der Waals surface area contributed by atoms with E-state index in [2.05, 4.69) is 4.98 Å². The zero-order valence-electron chi connectivity index (χ0n) is 12.9. The molecular formula is C18H11N3O4. The lowest BCUT2D eigenvalue weighted by molar-refractivity contribution is 0.0580. The molecule has 0 saturated heterocycles. The minimum atomic E-state index is -0.461. The Hall–Kier alpha value is -3.32. The van der Waals surface area contributed by atoms with E-state index in [0.717, 1.165) is 10.3 Å². The molecule has 0 saturated carbocycles. The molecule has 0 aliphatic carbocycles. The van der Waals surface area contributed by atoms with Crippen LogP contribution in [-0.4, -0.2) is 44.4 Å². The van der Waals surface area contributed by atoms with Crippen molar-refractivity contribution in [2.45, 2.75) is 0 Å². The number of β-amino-alcohol motifs (C(OH)–C–C–N with tert-alkyl or cyclic N) is 1. The van der Waals surface area contributed by atoms with Crippen molar-refractivity contribution in [2.75, 3.05) is 13.2 Å². The molecule has 2 amide bonds. The third-order valence-corrected chi connectivity index (χ3v) is 4.77. The van der Waals surface area contributed by atoms with Gasteiger partial charge in [0.2, 0.25) is 0 Å². The topological polar surface area (TPSA) is 92.0 Å². The van der Waals surface area contributed by atoms with E-state index >= 15 is 0 Å². The van der Waals surface area contributed by atoms with E-state index in [0.29, 0.717) is 32.9 Å². The second kappa shape index (κ2) is 4.61. The fourth-order valence-electron chi connectivity index (χ4n) is 3.70. The molecule has 4 aromatic rings. The van der Waals surface area contributed by atoms with Gasteiger partial charge >= 0.3 is 0 Å². The highest BCUT2D eigenvalue weighted by Gasteiger charge is 2.33. The maximum Gasteiger partial charge on any atom is 0.264 e. The molecule has 0 bridgehead atoms. The number of carbonyl (C=O) groups excluding carboxylic acids is 2. The van der Waals surface area contributed by atoms with E-state index in [1.54, 1.807) is 36.7 Å². The number of aliphatic hydroxyl groups excluding tert-OH is 1. The summed E-state index contributed by atoms with van der Waals surface area (Å²) in [6.45, 7) is -0.368. The molecule has 0 radical (unpaired) electrons. The predicted molar refractivity (Wildman–Crippen MR) is 90.1 cm³/mol. The largest absolute Gasteiger partial charge is 0.395 e. The van der Waals surface area contributed by atoms with Crippen molar-refractivity contribution in [3.63, 3.8) is 0 Å². The van der Waals surface area contributed by atoms with Crippen LogP contribution < -0.4 is 5.56 Å². The number of hydrogen-bond acceptors (Lipinski definition) is 5. The molecule has 1 aliphatic heterocycles. The third kappa shape index (κ3) is 1.58. The van der Waals surface area contributed by atoms with Gasteiger partial charge in [-0.05, 0) is 24.3 Å². The number of benzene rings is 2. The van der Waals surface area contributed by atoms with Gasteiger partial charge in [0.05, 0.1) is 13.2 Å². The van der Waals surface area contributed by atoms with Crippen LogP contribution in [0.2, 0.25) is 0 Å². The minimum Gasteiger partial charge on any atom is -0.395 e. The van der Waals surface area contributed by atoms with Gasteiger partial charge in [0.25, 0.3) is 17.4 Å². The maximum atomic E-state index is 12.7. The Labute approximate surface area is 140 Å². The Morgan fingerprint density at radius 3 is 2.28 bits per heavy atom. The first kappa shape index (κ1) is 14.1. The van der Waals surface area contributed by atoms with Gasteiger partial charge in [-0.25, -0.2) is 4.98 Å². The molecule has 2 aromatic carbocycles. The number of aromatic nitrogens is 2. The van der Waals surface area contributed by atoms with E-state index < -0.39 is 11.8 Å². The molecule has 7 nitrogen and oxygen atoms in total. The number of imidazole rings is 1. The standard InChI is InChI=1S/C18H11N3O4/c22-8-7-21-17(24)11-2-1-9-13-10(3-4-12(14(11)13)18(21)25)16(23)20-6-5-19-15(9)20/h1-6,22H,7-8H2. The quantitative estimate of drug-likeness (QED) is 0.553. The van der Waals surface area contributed by atoms with Crippen molar-refractivity contribution in [1.82, 2.24) is 14.3 Å². The van der Waals surface area contributed by atoms with Crippen molar-refractivity contribution >= 4 is 39.0 Å². The number of nitrogens with zero attached hydrogens (tertiary/aromatic N) is 3. The van der Waals surface area contributed by atoms with Crippen molar-refractivity contribution in [2.24, 2.45) is 0 Å². The fourth-order valence-corrected chi connectivity index (χ4v) is 3.70. The highest BCUT2D eigenvalue weighted by Crippen LogP contribution is 2.36. The number of amides is 2. The van der Waals surface area contributed by atoms with Crippen LogP contribution in [0.4, 0.5) is 0 Å². The highest BCUT2D eigenvalue weighted by molar-refractivity contribution is 6.31. The Kier molecular flexibility index (Phi) is 2.59. The van der Waals surface area contributed by atoms with Crippen LogP contribution in [0.3, 0.4) is 0 Å². The molecule has 0 spiro atoms. The average molecular weight is 333 g/mol. The lowest BCUT2D eigenvalue weighted by atomic mass is 9.90. The molecule has 7 heteroatoms. The number of carbonyl (C=O) groups is 2. The molecule has 122 valence electrons. The van der Waals surface area contributed by atoms with Gasteiger partial charge in [0.15, 0.2) is 0 Å². The zero-order chi connectivity index (χ0) is 17.3. The van der Waals surface area contributed by atoms with Crippen LogP contribution in [0.25, 0.3) is 27.2 Å². The minimum absolute atomic E-state index is 0.0640. The normalized spacial score (nSPS) is 14.4. The number of imide groups is 1.